The number of ether oxygens (including phenoxy) is 1. The molecule has 3 amide bonds. The second-order valence-electron chi connectivity index (χ2n) is 7.88. The molecule has 1 atom stereocenters. The summed E-state index contributed by atoms with van der Waals surface area (Å²) in [6.07, 6.45) is 3.46. The molecule has 148 valence electrons. The first-order valence-electron chi connectivity index (χ1n) is 9.90. The molecule has 2 fully saturated rings. The Morgan fingerprint density at radius 3 is 2.59 bits per heavy atom. The minimum Gasteiger partial charge on any atom is -0.383 e. The molecule has 0 aliphatic carbocycles. The fourth-order valence-corrected chi connectivity index (χ4v) is 4.20. The third-order valence-electron chi connectivity index (χ3n) is 6.06. The number of nitrogens with zero attached hydrogens (tertiary/aromatic N) is 2. The summed E-state index contributed by atoms with van der Waals surface area (Å²) >= 11 is 0. The number of hydrogen-bond donors (Lipinski definition) is 1. The van der Waals surface area contributed by atoms with Gasteiger partial charge in [-0.1, -0.05) is 30.3 Å². The van der Waals surface area contributed by atoms with Crippen molar-refractivity contribution in [3.8, 4) is 0 Å². The minimum absolute atomic E-state index is 0.00401. The second kappa shape index (κ2) is 8.74. The predicted octanol–water partition coefficient (Wildman–Crippen LogP) is 2.81. The lowest BCUT2D eigenvalue weighted by atomic mass is 9.72. The molecule has 6 nitrogen and oxygen atoms in total. The lowest BCUT2D eigenvalue weighted by molar-refractivity contribution is -0.139. The summed E-state index contributed by atoms with van der Waals surface area (Å²) in [6.45, 7) is 5.55. The Balaban J connectivity index is 1.52. The SMILES string of the molecule is COCCN1CC2(CCC1=O)CCN(C(=O)N[C@H](C)c1ccccc1)CC2. The molecule has 0 unspecified atom stereocenters. The van der Waals surface area contributed by atoms with E-state index in [9.17, 15) is 9.59 Å². The fourth-order valence-electron chi connectivity index (χ4n) is 4.20. The number of benzene rings is 1. The van der Waals surface area contributed by atoms with Crippen molar-refractivity contribution in [2.24, 2.45) is 5.41 Å². The summed E-state index contributed by atoms with van der Waals surface area (Å²) in [5.74, 6) is 0.231. The predicted molar refractivity (Wildman–Crippen MR) is 104 cm³/mol. The van der Waals surface area contributed by atoms with Crippen LogP contribution in [0.4, 0.5) is 4.79 Å². The first kappa shape index (κ1) is 19.7. The Labute approximate surface area is 161 Å². The lowest BCUT2D eigenvalue weighted by Crippen LogP contribution is -2.54. The van der Waals surface area contributed by atoms with Crippen molar-refractivity contribution in [3.05, 3.63) is 35.9 Å². The van der Waals surface area contributed by atoms with Crippen LogP contribution in [-0.2, 0) is 9.53 Å². The molecule has 3 rings (SSSR count). The summed E-state index contributed by atoms with van der Waals surface area (Å²) in [5.41, 5.74) is 1.27. The summed E-state index contributed by atoms with van der Waals surface area (Å²) in [5, 5.41) is 3.11. The van der Waals surface area contributed by atoms with E-state index in [0.717, 1.165) is 44.5 Å². The number of carbonyl (C=O) groups is 2. The van der Waals surface area contributed by atoms with E-state index in [4.69, 9.17) is 4.74 Å². The molecule has 1 aromatic carbocycles. The summed E-state index contributed by atoms with van der Waals surface area (Å²) in [4.78, 5) is 28.7. The van der Waals surface area contributed by atoms with E-state index in [1.54, 1.807) is 7.11 Å². The van der Waals surface area contributed by atoms with E-state index >= 15 is 0 Å². The number of carbonyl (C=O) groups excluding carboxylic acids is 2. The van der Waals surface area contributed by atoms with E-state index in [-0.39, 0.29) is 23.4 Å². The highest BCUT2D eigenvalue weighted by atomic mass is 16.5. The third kappa shape index (κ3) is 4.80. The number of methoxy groups -OCH3 is 1. The van der Waals surface area contributed by atoms with E-state index in [0.29, 0.717) is 19.6 Å². The van der Waals surface area contributed by atoms with Gasteiger partial charge in [-0.25, -0.2) is 4.79 Å². The highest BCUT2D eigenvalue weighted by molar-refractivity contribution is 5.77. The maximum absolute atomic E-state index is 12.6. The van der Waals surface area contributed by atoms with Gasteiger partial charge in [0.2, 0.25) is 5.91 Å². The standard InChI is InChI=1S/C21H31N3O3/c1-17(18-6-4-3-5-7-18)22-20(26)23-12-10-21(11-13-23)9-8-19(25)24(16-21)14-15-27-2/h3-7,17H,8-16H2,1-2H3,(H,22,26)/t17-/m1/s1. The van der Waals surface area contributed by atoms with E-state index in [1.165, 1.54) is 0 Å². The molecule has 2 saturated heterocycles. The van der Waals surface area contributed by atoms with E-state index in [2.05, 4.69) is 5.32 Å². The molecular formula is C21H31N3O3. The largest absolute Gasteiger partial charge is 0.383 e. The molecule has 1 N–H and O–H groups in total. The molecule has 0 aromatic heterocycles. The van der Waals surface area contributed by atoms with Crippen molar-refractivity contribution in [1.29, 1.82) is 0 Å². The van der Waals surface area contributed by atoms with Crippen LogP contribution >= 0.6 is 0 Å². The maximum atomic E-state index is 12.6. The fraction of sp³-hybridized carbons (Fsp3) is 0.619. The van der Waals surface area contributed by atoms with Crippen molar-refractivity contribution < 1.29 is 14.3 Å². The topological polar surface area (TPSA) is 61.9 Å². The van der Waals surface area contributed by atoms with Crippen LogP contribution in [0.5, 0.6) is 0 Å². The van der Waals surface area contributed by atoms with Crippen molar-refractivity contribution in [2.75, 3.05) is 39.9 Å². The molecule has 2 aliphatic rings. The molecule has 0 saturated carbocycles. The molecule has 2 aliphatic heterocycles. The number of amides is 3. The van der Waals surface area contributed by atoms with Gasteiger partial charge in [-0.3, -0.25) is 4.79 Å². The van der Waals surface area contributed by atoms with Crippen LogP contribution in [0.3, 0.4) is 0 Å². The molecule has 27 heavy (non-hydrogen) atoms. The van der Waals surface area contributed by atoms with Gasteiger partial charge in [0.15, 0.2) is 0 Å². The Kier molecular flexibility index (Phi) is 6.37. The number of nitrogens with one attached hydrogen (secondary N) is 1. The molecule has 6 heteroatoms. The van der Waals surface area contributed by atoms with Crippen LogP contribution in [0.25, 0.3) is 0 Å². The summed E-state index contributed by atoms with van der Waals surface area (Å²) < 4.78 is 5.14. The van der Waals surface area contributed by atoms with Crippen LogP contribution < -0.4 is 5.32 Å². The Bertz CT molecular complexity index is 641. The smallest absolute Gasteiger partial charge is 0.317 e. The maximum Gasteiger partial charge on any atom is 0.317 e. The highest BCUT2D eigenvalue weighted by Gasteiger charge is 2.41. The number of urea groups is 1. The Hall–Kier alpha value is -2.08. The van der Waals surface area contributed by atoms with Gasteiger partial charge in [0.05, 0.1) is 12.6 Å². The highest BCUT2D eigenvalue weighted by Crippen LogP contribution is 2.40. The van der Waals surface area contributed by atoms with Gasteiger partial charge in [0.1, 0.15) is 0 Å². The molecule has 0 bridgehead atoms. The minimum atomic E-state index is -0.00794. The number of piperidine rings is 2. The van der Waals surface area contributed by atoms with E-state index < -0.39 is 0 Å². The third-order valence-corrected chi connectivity index (χ3v) is 6.06. The monoisotopic (exact) mass is 373 g/mol. The van der Waals surface area contributed by atoms with Crippen molar-refractivity contribution in [2.45, 2.75) is 38.6 Å². The average molecular weight is 373 g/mol. The van der Waals surface area contributed by atoms with Crippen LogP contribution in [0, 0.1) is 5.41 Å². The average Bonchev–Trinajstić information content (AvgIpc) is 2.70. The van der Waals surface area contributed by atoms with Gasteiger partial charge in [-0.2, -0.15) is 0 Å². The zero-order chi connectivity index (χ0) is 19.3. The quantitative estimate of drug-likeness (QED) is 0.863. The van der Waals surface area contributed by atoms with Gasteiger partial charge < -0.3 is 19.9 Å². The van der Waals surface area contributed by atoms with Gasteiger partial charge in [-0.15, -0.1) is 0 Å². The van der Waals surface area contributed by atoms with Gasteiger partial charge in [-0.05, 0) is 37.2 Å². The molecular weight excluding hydrogens is 342 g/mol. The van der Waals surface area contributed by atoms with Crippen LogP contribution in [0.15, 0.2) is 30.3 Å². The van der Waals surface area contributed by atoms with Gasteiger partial charge >= 0.3 is 6.03 Å². The molecule has 0 radical (unpaired) electrons. The van der Waals surface area contributed by atoms with Crippen LogP contribution in [0.1, 0.15) is 44.2 Å². The van der Waals surface area contributed by atoms with Gasteiger partial charge in [0, 0.05) is 39.7 Å². The van der Waals surface area contributed by atoms with E-state index in [1.807, 2.05) is 47.1 Å². The summed E-state index contributed by atoms with van der Waals surface area (Å²) in [6, 6.07) is 10.0. The van der Waals surface area contributed by atoms with Crippen LogP contribution in [0.2, 0.25) is 0 Å². The van der Waals surface area contributed by atoms with Crippen molar-refractivity contribution in [1.82, 2.24) is 15.1 Å². The first-order chi connectivity index (χ1) is 13.0. The number of rotatable bonds is 5. The van der Waals surface area contributed by atoms with Crippen LogP contribution in [-0.4, -0.2) is 61.6 Å². The second-order valence-corrected chi connectivity index (χ2v) is 7.88. The lowest BCUT2D eigenvalue weighted by Gasteiger charge is -2.47. The van der Waals surface area contributed by atoms with Gasteiger partial charge in [0.25, 0.3) is 0 Å². The summed E-state index contributed by atoms with van der Waals surface area (Å²) in [7, 11) is 1.66. The number of likely N-dealkylation sites (tertiary alicyclic amines) is 2. The molecule has 1 aromatic rings. The first-order valence-corrected chi connectivity index (χ1v) is 9.90. The van der Waals surface area contributed by atoms with Crippen molar-refractivity contribution in [3.63, 3.8) is 0 Å². The zero-order valence-corrected chi connectivity index (χ0v) is 16.4. The molecule has 1 spiro atoms. The normalized spacial score (nSPS) is 20.6. The Morgan fingerprint density at radius 2 is 1.93 bits per heavy atom. The Morgan fingerprint density at radius 1 is 1.22 bits per heavy atom. The molecule has 2 heterocycles. The number of hydrogen-bond acceptors (Lipinski definition) is 3. The van der Waals surface area contributed by atoms with Crippen molar-refractivity contribution >= 4 is 11.9 Å². The zero-order valence-electron chi connectivity index (χ0n) is 16.4.